The second kappa shape index (κ2) is 9.43. The zero-order valence-corrected chi connectivity index (χ0v) is 20.4. The highest BCUT2D eigenvalue weighted by Gasteiger charge is 2.45. The lowest BCUT2D eigenvalue weighted by atomic mass is 9.80. The summed E-state index contributed by atoms with van der Waals surface area (Å²) in [6.45, 7) is 6.96. The van der Waals surface area contributed by atoms with Crippen LogP contribution in [-0.2, 0) is 14.3 Å². The Morgan fingerprint density at radius 3 is 2.73 bits per heavy atom. The summed E-state index contributed by atoms with van der Waals surface area (Å²) < 4.78 is 5.13. The maximum atomic E-state index is 13.4. The second-order valence-electron chi connectivity index (χ2n) is 10.0. The van der Waals surface area contributed by atoms with Gasteiger partial charge < -0.3 is 20.3 Å². The molecule has 0 bridgehead atoms. The summed E-state index contributed by atoms with van der Waals surface area (Å²) in [4.78, 5) is 36.6. The molecule has 8 nitrogen and oxygen atoms in total. The predicted octanol–water partition coefficient (Wildman–Crippen LogP) is 3.39. The fraction of sp³-hybridized carbons (Fsp3) is 0.583. The number of anilines is 1. The van der Waals surface area contributed by atoms with Crippen LogP contribution in [0.3, 0.4) is 0 Å². The first-order valence-electron chi connectivity index (χ1n) is 11.5. The van der Waals surface area contributed by atoms with Crippen LogP contribution in [0.25, 0.3) is 10.9 Å². The Labute approximate surface area is 199 Å². The molecule has 2 aromatic rings. The number of halogens is 1. The first-order valence-corrected chi connectivity index (χ1v) is 11.9. The Morgan fingerprint density at radius 1 is 1.21 bits per heavy atom. The number of ether oxygens (including phenoxy) is 1. The van der Waals surface area contributed by atoms with Crippen molar-refractivity contribution in [2.75, 3.05) is 19.0 Å². The lowest BCUT2D eigenvalue weighted by Gasteiger charge is -2.41. The third-order valence-electron chi connectivity index (χ3n) is 6.50. The Kier molecular flexibility index (Phi) is 6.77. The summed E-state index contributed by atoms with van der Waals surface area (Å²) in [6, 6.07) is 5.05. The van der Waals surface area contributed by atoms with E-state index in [9.17, 15) is 9.59 Å². The number of rotatable bonds is 5. The molecule has 2 fully saturated rings. The minimum atomic E-state index is -0.411. The van der Waals surface area contributed by atoms with Gasteiger partial charge in [-0.05, 0) is 64.7 Å². The largest absolute Gasteiger partial charge is 0.469 e. The molecule has 1 aliphatic carbocycles. The van der Waals surface area contributed by atoms with E-state index in [1.165, 1.54) is 13.4 Å². The molecule has 1 aromatic heterocycles. The lowest BCUT2D eigenvalue weighted by Crippen LogP contribution is -2.54. The first kappa shape index (κ1) is 23.7. The molecule has 2 N–H and O–H groups in total. The van der Waals surface area contributed by atoms with E-state index in [2.05, 4.69) is 41.4 Å². The number of amides is 1. The van der Waals surface area contributed by atoms with Gasteiger partial charge in [0.05, 0.1) is 18.5 Å². The summed E-state index contributed by atoms with van der Waals surface area (Å²) in [5, 5.41) is 8.26. The summed E-state index contributed by atoms with van der Waals surface area (Å²) in [7, 11) is 1.42. The maximum Gasteiger partial charge on any atom is 0.310 e. The van der Waals surface area contributed by atoms with Crippen molar-refractivity contribution in [2.45, 2.75) is 70.1 Å². The fourth-order valence-corrected chi connectivity index (χ4v) is 5.32. The van der Waals surface area contributed by atoms with Crippen LogP contribution in [0.4, 0.5) is 5.82 Å². The molecule has 4 atom stereocenters. The maximum absolute atomic E-state index is 13.4. The number of aromatic nitrogens is 2. The van der Waals surface area contributed by atoms with Gasteiger partial charge >= 0.3 is 5.97 Å². The normalized spacial score (nSPS) is 26.0. The topological polar surface area (TPSA) is 96.5 Å². The van der Waals surface area contributed by atoms with Crippen molar-refractivity contribution in [3.05, 3.63) is 29.5 Å². The number of hydrogen-bond acceptors (Lipinski definition) is 7. The molecule has 178 valence electrons. The van der Waals surface area contributed by atoms with Crippen molar-refractivity contribution in [3.8, 4) is 0 Å². The molecule has 2 aliphatic rings. The van der Waals surface area contributed by atoms with E-state index in [0.717, 1.165) is 23.7 Å². The van der Waals surface area contributed by atoms with Crippen LogP contribution in [0, 0.1) is 5.92 Å². The molecule has 4 rings (SSSR count). The van der Waals surface area contributed by atoms with Crippen LogP contribution in [0.1, 0.15) is 46.5 Å². The van der Waals surface area contributed by atoms with Gasteiger partial charge in [-0.15, -0.1) is 0 Å². The predicted molar refractivity (Wildman–Crippen MR) is 128 cm³/mol. The number of benzene rings is 1. The van der Waals surface area contributed by atoms with E-state index in [4.69, 9.17) is 16.3 Å². The molecule has 1 saturated carbocycles. The Morgan fingerprint density at radius 2 is 2.00 bits per heavy atom. The van der Waals surface area contributed by atoms with Crippen LogP contribution < -0.4 is 10.6 Å². The standard InChI is InChI=1S/C24H32ClN5O3/c1-24(2,3)29-15-6-8-20(17(12-15)23(32)33-4)30-10-9-19(22(30)31)28-21-16-11-14(25)5-7-18(16)26-13-27-21/h5,7,11,13,15,17,19-20,29H,6,8-10,12H2,1-4H3,(H,26,27,28)/t15?,17?,19-,20?/m0/s1. The monoisotopic (exact) mass is 473 g/mol. The molecular weight excluding hydrogens is 442 g/mol. The van der Waals surface area contributed by atoms with E-state index < -0.39 is 6.04 Å². The molecule has 1 saturated heterocycles. The summed E-state index contributed by atoms with van der Waals surface area (Å²) in [5.74, 6) is -0.0127. The number of nitrogens with one attached hydrogen (secondary N) is 2. The van der Waals surface area contributed by atoms with Crippen molar-refractivity contribution in [2.24, 2.45) is 5.92 Å². The van der Waals surface area contributed by atoms with E-state index in [-0.39, 0.29) is 35.4 Å². The molecule has 33 heavy (non-hydrogen) atoms. The molecule has 1 aliphatic heterocycles. The van der Waals surface area contributed by atoms with E-state index in [0.29, 0.717) is 30.2 Å². The number of esters is 1. The van der Waals surface area contributed by atoms with Crippen LogP contribution in [0.2, 0.25) is 5.02 Å². The van der Waals surface area contributed by atoms with Gasteiger partial charge in [-0.3, -0.25) is 9.59 Å². The van der Waals surface area contributed by atoms with Gasteiger partial charge in [0.1, 0.15) is 18.2 Å². The highest BCUT2D eigenvalue weighted by Crippen LogP contribution is 2.34. The average Bonchev–Trinajstić information content (AvgIpc) is 3.12. The number of methoxy groups -OCH3 is 1. The SMILES string of the molecule is COC(=O)C1CC(NC(C)(C)C)CCC1N1CC[C@H](Nc2ncnc3ccc(Cl)cc23)C1=O. The highest BCUT2D eigenvalue weighted by atomic mass is 35.5. The van der Waals surface area contributed by atoms with Crippen molar-refractivity contribution in [3.63, 3.8) is 0 Å². The van der Waals surface area contributed by atoms with Crippen molar-refractivity contribution < 1.29 is 14.3 Å². The van der Waals surface area contributed by atoms with Crippen LogP contribution in [-0.4, -0.2) is 64.1 Å². The number of nitrogens with zero attached hydrogens (tertiary/aromatic N) is 3. The zero-order valence-electron chi connectivity index (χ0n) is 19.6. The molecule has 1 amide bonds. The van der Waals surface area contributed by atoms with Crippen molar-refractivity contribution >= 4 is 40.2 Å². The van der Waals surface area contributed by atoms with Gasteiger partial charge in [-0.25, -0.2) is 9.97 Å². The Balaban J connectivity index is 1.50. The molecule has 3 unspecified atom stereocenters. The minimum absolute atomic E-state index is 0.00933. The van der Waals surface area contributed by atoms with Crippen LogP contribution in [0.5, 0.6) is 0 Å². The lowest BCUT2D eigenvalue weighted by molar-refractivity contribution is -0.151. The van der Waals surface area contributed by atoms with E-state index in [1.807, 2.05) is 11.0 Å². The number of likely N-dealkylation sites (tertiary alicyclic amines) is 1. The molecule has 0 spiro atoms. The number of fused-ring (bicyclic) bond motifs is 1. The summed E-state index contributed by atoms with van der Waals surface area (Å²) in [5.41, 5.74) is 0.717. The summed E-state index contributed by atoms with van der Waals surface area (Å²) >= 11 is 6.16. The second-order valence-corrected chi connectivity index (χ2v) is 10.4. The third-order valence-corrected chi connectivity index (χ3v) is 6.74. The molecule has 9 heteroatoms. The third kappa shape index (κ3) is 5.22. The van der Waals surface area contributed by atoms with Gasteiger partial charge in [0.15, 0.2) is 0 Å². The van der Waals surface area contributed by atoms with Gasteiger partial charge in [0.2, 0.25) is 5.91 Å². The number of hydrogen-bond donors (Lipinski definition) is 2. The van der Waals surface area contributed by atoms with E-state index in [1.54, 1.807) is 12.1 Å². The van der Waals surface area contributed by atoms with Crippen molar-refractivity contribution in [1.29, 1.82) is 0 Å². The smallest absolute Gasteiger partial charge is 0.310 e. The van der Waals surface area contributed by atoms with Crippen molar-refractivity contribution in [1.82, 2.24) is 20.2 Å². The van der Waals surface area contributed by atoms with Gasteiger partial charge in [-0.1, -0.05) is 11.6 Å². The summed E-state index contributed by atoms with van der Waals surface area (Å²) in [6.07, 6.45) is 4.45. The quantitative estimate of drug-likeness (QED) is 0.642. The highest BCUT2D eigenvalue weighted by molar-refractivity contribution is 6.31. The average molecular weight is 474 g/mol. The molecule has 1 aromatic carbocycles. The molecule has 0 radical (unpaired) electrons. The first-order chi connectivity index (χ1) is 15.7. The number of carbonyl (C=O) groups excluding carboxylic acids is 2. The Bertz CT molecular complexity index is 1040. The number of carbonyl (C=O) groups is 2. The van der Waals surface area contributed by atoms with Gasteiger partial charge in [0, 0.05) is 34.6 Å². The van der Waals surface area contributed by atoms with Gasteiger partial charge in [0.25, 0.3) is 0 Å². The molecule has 2 heterocycles. The zero-order chi connectivity index (χ0) is 23.8. The Hall–Kier alpha value is -2.45. The minimum Gasteiger partial charge on any atom is -0.469 e. The molecular formula is C24H32ClN5O3. The van der Waals surface area contributed by atoms with Gasteiger partial charge in [-0.2, -0.15) is 0 Å². The van der Waals surface area contributed by atoms with Crippen LogP contribution in [0.15, 0.2) is 24.5 Å². The van der Waals surface area contributed by atoms with E-state index >= 15 is 0 Å². The fourth-order valence-electron chi connectivity index (χ4n) is 5.15. The van der Waals surface area contributed by atoms with Crippen LogP contribution >= 0.6 is 11.6 Å².